The summed E-state index contributed by atoms with van der Waals surface area (Å²) in [6, 6.07) is 5.67. The highest BCUT2D eigenvalue weighted by Gasteiger charge is 2.32. The van der Waals surface area contributed by atoms with Gasteiger partial charge >= 0.3 is 0 Å². The zero-order valence-electron chi connectivity index (χ0n) is 20.0. The van der Waals surface area contributed by atoms with Gasteiger partial charge in [-0.2, -0.15) is 4.72 Å². The first-order valence-corrected chi connectivity index (χ1v) is 13.0. The third-order valence-corrected chi connectivity index (χ3v) is 6.99. The summed E-state index contributed by atoms with van der Waals surface area (Å²) in [6.07, 6.45) is 0.641. The molecule has 0 bridgehead atoms. The Morgan fingerprint density at radius 3 is 1.82 bits per heavy atom. The summed E-state index contributed by atoms with van der Waals surface area (Å²) in [5, 5.41) is 0. The molecule has 9 nitrogen and oxygen atoms in total. The molecule has 1 heterocycles. The smallest absolute Gasteiger partial charge is 0.241 e. The quantitative estimate of drug-likeness (QED) is 0.651. The van der Waals surface area contributed by atoms with E-state index in [-0.39, 0.29) is 16.7 Å². The molecular weight excluding hydrogens is 448 g/mol. The molecule has 1 saturated heterocycles. The van der Waals surface area contributed by atoms with Gasteiger partial charge in [-0.25, -0.2) is 8.42 Å². The Labute approximate surface area is 197 Å². The minimum atomic E-state index is -3.86. The van der Waals surface area contributed by atoms with E-state index in [0.29, 0.717) is 72.4 Å². The van der Waals surface area contributed by atoms with Crippen LogP contribution >= 0.6 is 0 Å². The van der Waals surface area contributed by atoms with Crippen LogP contribution in [0.2, 0.25) is 0 Å². The monoisotopic (exact) mass is 486 g/mol. The molecule has 1 amide bonds. The van der Waals surface area contributed by atoms with E-state index in [0.717, 1.165) is 5.56 Å². The molecule has 1 fully saturated rings. The van der Waals surface area contributed by atoms with Crippen molar-refractivity contribution in [1.82, 2.24) is 9.62 Å². The number of hydrogen-bond donors (Lipinski definition) is 1. The number of nitrogens with one attached hydrogen (secondary N) is 1. The standard InChI is InChI=1S/C23H38N2O7S/c1-4-20(3)22(24-33(27,28)21-7-5-19(2)6-8-21)23(26)25-9-11-29-13-15-31-17-18-32-16-14-30-12-10-25/h5-8,20,22,24H,4,9-18H2,1-3H3. The van der Waals surface area contributed by atoms with Crippen molar-refractivity contribution in [2.24, 2.45) is 5.92 Å². The Morgan fingerprint density at radius 1 is 0.909 bits per heavy atom. The molecule has 10 heteroatoms. The van der Waals surface area contributed by atoms with Crippen molar-refractivity contribution in [3.8, 4) is 0 Å². The molecule has 1 aromatic carbocycles. The van der Waals surface area contributed by atoms with Gasteiger partial charge in [0.15, 0.2) is 0 Å². The van der Waals surface area contributed by atoms with E-state index in [1.54, 1.807) is 29.2 Å². The lowest BCUT2D eigenvalue weighted by Gasteiger charge is -2.30. The summed E-state index contributed by atoms with van der Waals surface area (Å²) in [6.45, 7) is 9.69. The Morgan fingerprint density at radius 2 is 1.36 bits per heavy atom. The van der Waals surface area contributed by atoms with Gasteiger partial charge in [0.1, 0.15) is 6.04 Å². The van der Waals surface area contributed by atoms with Crippen LogP contribution in [0.15, 0.2) is 29.2 Å². The number of carbonyl (C=O) groups is 1. The lowest BCUT2D eigenvalue weighted by atomic mass is 9.99. The number of benzene rings is 1. The van der Waals surface area contributed by atoms with Gasteiger partial charge in [-0.05, 0) is 25.0 Å². The topological polar surface area (TPSA) is 103 Å². The van der Waals surface area contributed by atoms with Crippen LogP contribution in [-0.4, -0.2) is 91.2 Å². The Hall–Kier alpha value is -1.56. The highest BCUT2D eigenvalue weighted by atomic mass is 32.2. The maximum absolute atomic E-state index is 13.5. The fraction of sp³-hybridized carbons (Fsp3) is 0.696. The van der Waals surface area contributed by atoms with Gasteiger partial charge in [0.25, 0.3) is 0 Å². The SMILES string of the molecule is CCC(C)C(NS(=O)(=O)c1ccc(C)cc1)C(=O)N1CCOCCOCCOCCOCC1. The Balaban J connectivity index is 2.12. The molecule has 2 unspecified atom stereocenters. The van der Waals surface area contributed by atoms with Crippen molar-refractivity contribution in [2.75, 3.05) is 65.9 Å². The number of sulfonamides is 1. The number of carbonyl (C=O) groups excluding carboxylic acids is 1. The van der Waals surface area contributed by atoms with Crippen molar-refractivity contribution in [2.45, 2.75) is 38.1 Å². The van der Waals surface area contributed by atoms with Crippen LogP contribution in [0.4, 0.5) is 0 Å². The maximum atomic E-state index is 13.5. The van der Waals surface area contributed by atoms with Crippen LogP contribution < -0.4 is 4.72 Å². The summed E-state index contributed by atoms with van der Waals surface area (Å²) < 4.78 is 50.7. The number of amides is 1. The molecule has 188 valence electrons. The van der Waals surface area contributed by atoms with E-state index in [9.17, 15) is 13.2 Å². The summed E-state index contributed by atoms with van der Waals surface area (Å²) in [4.78, 5) is 15.2. The van der Waals surface area contributed by atoms with E-state index in [1.807, 2.05) is 20.8 Å². The summed E-state index contributed by atoms with van der Waals surface area (Å²) in [5.74, 6) is -0.484. The maximum Gasteiger partial charge on any atom is 0.241 e. The number of nitrogens with zero attached hydrogens (tertiary/aromatic N) is 1. The molecular formula is C23H38N2O7S. The highest BCUT2D eigenvalue weighted by Crippen LogP contribution is 2.16. The van der Waals surface area contributed by atoms with Gasteiger partial charge in [0.05, 0.1) is 57.8 Å². The molecule has 2 atom stereocenters. The average molecular weight is 487 g/mol. The first kappa shape index (κ1) is 27.7. The predicted octanol–water partition coefficient (Wildman–Crippen LogP) is 1.60. The Bertz CT molecular complexity index is 786. The van der Waals surface area contributed by atoms with Crippen molar-refractivity contribution in [3.63, 3.8) is 0 Å². The molecule has 33 heavy (non-hydrogen) atoms. The fourth-order valence-electron chi connectivity index (χ4n) is 3.24. The first-order valence-electron chi connectivity index (χ1n) is 11.5. The molecule has 2 rings (SSSR count). The van der Waals surface area contributed by atoms with Gasteiger partial charge in [0, 0.05) is 13.1 Å². The van der Waals surface area contributed by atoms with Crippen LogP contribution in [0.25, 0.3) is 0 Å². The second kappa shape index (κ2) is 14.6. The molecule has 0 aromatic heterocycles. The third kappa shape index (κ3) is 9.68. The second-order valence-corrected chi connectivity index (χ2v) is 9.79. The van der Waals surface area contributed by atoms with E-state index >= 15 is 0 Å². The fourth-order valence-corrected chi connectivity index (χ4v) is 4.54. The summed E-state index contributed by atoms with van der Waals surface area (Å²) >= 11 is 0. The van der Waals surface area contributed by atoms with Gasteiger partial charge in [-0.3, -0.25) is 4.79 Å². The first-order chi connectivity index (χ1) is 15.8. The molecule has 1 N–H and O–H groups in total. The summed E-state index contributed by atoms with van der Waals surface area (Å²) in [7, 11) is -3.86. The van der Waals surface area contributed by atoms with E-state index in [1.165, 1.54) is 0 Å². The van der Waals surface area contributed by atoms with E-state index < -0.39 is 16.1 Å². The minimum absolute atomic E-state index is 0.137. The van der Waals surface area contributed by atoms with Crippen LogP contribution in [0, 0.1) is 12.8 Å². The molecule has 0 radical (unpaired) electrons. The number of ether oxygens (including phenoxy) is 4. The molecule has 1 aliphatic heterocycles. The average Bonchev–Trinajstić information content (AvgIpc) is 2.81. The van der Waals surface area contributed by atoms with Gasteiger partial charge in [-0.1, -0.05) is 38.0 Å². The van der Waals surface area contributed by atoms with E-state index in [2.05, 4.69) is 4.72 Å². The highest BCUT2D eigenvalue weighted by molar-refractivity contribution is 7.89. The minimum Gasteiger partial charge on any atom is -0.377 e. The summed E-state index contributed by atoms with van der Waals surface area (Å²) in [5.41, 5.74) is 0.959. The molecule has 1 aliphatic rings. The normalized spacial score (nSPS) is 19.8. The van der Waals surface area contributed by atoms with Crippen LogP contribution in [0.1, 0.15) is 25.8 Å². The lowest BCUT2D eigenvalue weighted by Crippen LogP contribution is -2.53. The van der Waals surface area contributed by atoms with Crippen LogP contribution in [0.5, 0.6) is 0 Å². The van der Waals surface area contributed by atoms with Gasteiger partial charge in [0.2, 0.25) is 15.9 Å². The second-order valence-electron chi connectivity index (χ2n) is 8.07. The molecule has 0 spiro atoms. The van der Waals surface area contributed by atoms with E-state index in [4.69, 9.17) is 18.9 Å². The molecule has 1 aromatic rings. The predicted molar refractivity (Wildman–Crippen MR) is 125 cm³/mol. The van der Waals surface area contributed by atoms with Crippen molar-refractivity contribution in [1.29, 1.82) is 0 Å². The zero-order valence-corrected chi connectivity index (χ0v) is 20.8. The van der Waals surface area contributed by atoms with Crippen molar-refractivity contribution in [3.05, 3.63) is 29.8 Å². The largest absolute Gasteiger partial charge is 0.377 e. The van der Waals surface area contributed by atoms with Gasteiger partial charge in [-0.15, -0.1) is 0 Å². The third-order valence-electron chi connectivity index (χ3n) is 5.53. The van der Waals surface area contributed by atoms with Crippen molar-refractivity contribution >= 4 is 15.9 Å². The zero-order chi connectivity index (χ0) is 24.1. The van der Waals surface area contributed by atoms with Crippen LogP contribution in [0.3, 0.4) is 0 Å². The van der Waals surface area contributed by atoms with Gasteiger partial charge < -0.3 is 23.8 Å². The number of aryl methyl sites for hydroxylation is 1. The lowest BCUT2D eigenvalue weighted by molar-refractivity contribution is -0.136. The van der Waals surface area contributed by atoms with Crippen molar-refractivity contribution < 1.29 is 32.2 Å². The van der Waals surface area contributed by atoms with Crippen LogP contribution in [-0.2, 0) is 33.8 Å². The number of hydrogen-bond acceptors (Lipinski definition) is 7. The molecule has 0 saturated carbocycles. The molecule has 0 aliphatic carbocycles. The number of rotatable bonds is 6. The Kier molecular flexibility index (Phi) is 12.3.